The molecule has 0 bridgehead atoms. The molecule has 0 radical (unpaired) electrons. The van der Waals surface area contributed by atoms with Crippen LogP contribution in [-0.4, -0.2) is 74.2 Å². The third-order valence-corrected chi connectivity index (χ3v) is 6.10. The predicted molar refractivity (Wildman–Crippen MR) is 101 cm³/mol. The molecule has 2 aromatic heterocycles. The van der Waals surface area contributed by atoms with Gasteiger partial charge in [0.1, 0.15) is 0 Å². The van der Waals surface area contributed by atoms with Gasteiger partial charge in [-0.25, -0.2) is 9.50 Å². The Morgan fingerprint density at radius 2 is 2.07 bits per heavy atom. The first-order valence-corrected chi connectivity index (χ1v) is 9.78. The molecule has 2 fully saturated rings. The van der Waals surface area contributed by atoms with Gasteiger partial charge in [-0.1, -0.05) is 0 Å². The topological polar surface area (TPSA) is 93.9 Å². The molecular formula is C19H27N5O3. The van der Waals surface area contributed by atoms with Gasteiger partial charge in [-0.2, -0.15) is 0 Å². The van der Waals surface area contributed by atoms with Crippen LogP contribution in [0.5, 0.6) is 0 Å². The summed E-state index contributed by atoms with van der Waals surface area (Å²) >= 11 is 0. The number of aliphatic hydroxyl groups is 1. The van der Waals surface area contributed by atoms with Crippen molar-refractivity contribution >= 4 is 11.6 Å². The minimum absolute atomic E-state index is 0.0219. The van der Waals surface area contributed by atoms with Gasteiger partial charge in [0.05, 0.1) is 11.3 Å². The minimum Gasteiger partial charge on any atom is -0.396 e. The molecule has 0 saturated carbocycles. The van der Waals surface area contributed by atoms with Gasteiger partial charge in [-0.15, -0.1) is 0 Å². The van der Waals surface area contributed by atoms with E-state index in [1.165, 1.54) is 6.07 Å². The van der Waals surface area contributed by atoms with E-state index in [1.807, 2.05) is 11.8 Å². The van der Waals surface area contributed by atoms with E-state index in [1.54, 1.807) is 10.7 Å². The number of likely N-dealkylation sites (tertiary alicyclic amines) is 2. The van der Waals surface area contributed by atoms with Crippen LogP contribution in [0.15, 0.2) is 17.1 Å². The molecular weight excluding hydrogens is 346 g/mol. The fourth-order valence-electron chi connectivity index (χ4n) is 4.40. The number of aryl methyl sites for hydroxylation is 1. The number of H-pyrrole nitrogens is 1. The van der Waals surface area contributed by atoms with Gasteiger partial charge in [0.2, 0.25) is 0 Å². The molecule has 2 aliphatic rings. The maximum Gasteiger partial charge on any atom is 0.266 e. The fraction of sp³-hybridized carbons (Fsp3) is 0.632. The zero-order valence-corrected chi connectivity index (χ0v) is 15.7. The van der Waals surface area contributed by atoms with Gasteiger partial charge in [0.15, 0.2) is 5.65 Å². The Hall–Kier alpha value is -2.19. The van der Waals surface area contributed by atoms with Gasteiger partial charge in [-0.05, 0) is 51.6 Å². The predicted octanol–water partition coefficient (Wildman–Crippen LogP) is 0.640. The third kappa shape index (κ3) is 3.51. The van der Waals surface area contributed by atoms with Crippen LogP contribution in [0, 0.1) is 12.8 Å². The first-order valence-electron chi connectivity index (χ1n) is 9.78. The zero-order chi connectivity index (χ0) is 19.0. The quantitative estimate of drug-likeness (QED) is 0.824. The van der Waals surface area contributed by atoms with Crippen LogP contribution in [0.1, 0.15) is 41.7 Å². The van der Waals surface area contributed by atoms with Crippen LogP contribution in [0.2, 0.25) is 0 Å². The van der Waals surface area contributed by atoms with Gasteiger partial charge in [0, 0.05) is 38.0 Å². The molecule has 0 spiro atoms. The van der Waals surface area contributed by atoms with E-state index < -0.39 is 0 Å². The second-order valence-electron chi connectivity index (χ2n) is 7.78. The monoisotopic (exact) mass is 373 g/mol. The highest BCUT2D eigenvalue weighted by molar-refractivity contribution is 5.95. The average Bonchev–Trinajstić information content (AvgIpc) is 3.09. The maximum absolute atomic E-state index is 13.1. The van der Waals surface area contributed by atoms with Crippen molar-refractivity contribution in [2.24, 2.45) is 5.92 Å². The highest BCUT2D eigenvalue weighted by atomic mass is 16.3. The first kappa shape index (κ1) is 18.2. The summed E-state index contributed by atoms with van der Waals surface area (Å²) < 4.78 is 1.58. The van der Waals surface area contributed by atoms with Crippen LogP contribution in [0.25, 0.3) is 5.65 Å². The summed E-state index contributed by atoms with van der Waals surface area (Å²) in [6, 6.07) is 1.81. The number of aromatic nitrogens is 3. The van der Waals surface area contributed by atoms with Crippen molar-refractivity contribution in [1.82, 2.24) is 24.4 Å². The molecule has 0 unspecified atom stereocenters. The number of nitrogens with zero attached hydrogens (tertiary/aromatic N) is 4. The lowest BCUT2D eigenvalue weighted by atomic mass is 9.94. The SMILES string of the molecule is Cc1c(C(=O)N2CCC[C@H](N3CCC(CO)CC3)C2)cnc2cc(=O)[nH]n12. The number of carbonyl (C=O) groups excluding carboxylic acids is 1. The minimum atomic E-state index is -0.223. The molecule has 4 rings (SSSR count). The Kier molecular flexibility index (Phi) is 5.01. The van der Waals surface area contributed by atoms with E-state index in [0.717, 1.165) is 51.9 Å². The Labute approximate surface area is 157 Å². The number of aliphatic hydroxyl groups excluding tert-OH is 1. The molecule has 1 amide bonds. The van der Waals surface area contributed by atoms with Crippen molar-refractivity contribution in [1.29, 1.82) is 0 Å². The number of rotatable bonds is 3. The van der Waals surface area contributed by atoms with Crippen LogP contribution in [-0.2, 0) is 0 Å². The Morgan fingerprint density at radius 1 is 1.30 bits per heavy atom. The number of amides is 1. The van der Waals surface area contributed by atoms with Crippen LogP contribution < -0.4 is 5.56 Å². The van der Waals surface area contributed by atoms with E-state index in [-0.39, 0.29) is 18.1 Å². The molecule has 2 aromatic rings. The summed E-state index contributed by atoms with van der Waals surface area (Å²) in [7, 11) is 0. The molecule has 146 valence electrons. The lowest BCUT2D eigenvalue weighted by Crippen LogP contribution is -2.52. The van der Waals surface area contributed by atoms with Crippen LogP contribution in [0.4, 0.5) is 0 Å². The smallest absolute Gasteiger partial charge is 0.266 e. The van der Waals surface area contributed by atoms with Gasteiger partial charge in [0.25, 0.3) is 11.5 Å². The van der Waals surface area contributed by atoms with E-state index >= 15 is 0 Å². The molecule has 2 aliphatic heterocycles. The number of carbonyl (C=O) groups is 1. The molecule has 8 nitrogen and oxygen atoms in total. The first-order chi connectivity index (χ1) is 13.1. The molecule has 0 aliphatic carbocycles. The fourth-order valence-corrected chi connectivity index (χ4v) is 4.40. The molecule has 0 aromatic carbocycles. The zero-order valence-electron chi connectivity index (χ0n) is 15.7. The molecule has 4 heterocycles. The molecule has 2 saturated heterocycles. The Morgan fingerprint density at radius 3 is 2.81 bits per heavy atom. The summed E-state index contributed by atoms with van der Waals surface area (Å²) in [5.41, 5.74) is 1.55. The number of hydrogen-bond donors (Lipinski definition) is 2. The molecule has 2 N–H and O–H groups in total. The van der Waals surface area contributed by atoms with Crippen LogP contribution in [0.3, 0.4) is 0 Å². The van der Waals surface area contributed by atoms with Crippen molar-refractivity contribution in [2.75, 3.05) is 32.8 Å². The van der Waals surface area contributed by atoms with Crippen molar-refractivity contribution < 1.29 is 9.90 Å². The molecule has 1 atom stereocenters. The van der Waals surface area contributed by atoms with Crippen molar-refractivity contribution in [3.8, 4) is 0 Å². The number of nitrogens with one attached hydrogen (secondary N) is 1. The summed E-state index contributed by atoms with van der Waals surface area (Å²) in [6.07, 6.45) is 5.74. The van der Waals surface area contributed by atoms with E-state index in [4.69, 9.17) is 0 Å². The van der Waals surface area contributed by atoms with E-state index in [2.05, 4.69) is 15.0 Å². The van der Waals surface area contributed by atoms with Crippen LogP contribution >= 0.6 is 0 Å². The highest BCUT2D eigenvalue weighted by Crippen LogP contribution is 2.24. The van der Waals surface area contributed by atoms with Gasteiger partial charge in [-0.3, -0.25) is 19.6 Å². The summed E-state index contributed by atoms with van der Waals surface area (Å²) in [4.78, 5) is 33.3. The summed E-state index contributed by atoms with van der Waals surface area (Å²) in [6.45, 7) is 5.58. The highest BCUT2D eigenvalue weighted by Gasteiger charge is 2.31. The van der Waals surface area contributed by atoms with E-state index in [9.17, 15) is 14.7 Å². The van der Waals surface area contributed by atoms with Gasteiger partial charge < -0.3 is 10.0 Å². The Bertz CT molecular complexity index is 881. The van der Waals surface area contributed by atoms with Crippen molar-refractivity contribution in [2.45, 2.75) is 38.6 Å². The Balaban J connectivity index is 1.49. The van der Waals surface area contributed by atoms with Crippen molar-refractivity contribution in [3.05, 3.63) is 33.9 Å². The standard InChI is InChI=1S/C19H27N5O3/c1-13-16(10-20-17-9-18(26)21-24(13)17)19(27)23-6-2-3-15(11-23)22-7-4-14(12-25)5-8-22/h9-10,14-15,25H,2-8,11-12H2,1H3,(H,21,26)/t15-/m0/s1. The third-order valence-electron chi connectivity index (χ3n) is 6.10. The second kappa shape index (κ2) is 7.44. The van der Waals surface area contributed by atoms with Crippen molar-refractivity contribution in [3.63, 3.8) is 0 Å². The second-order valence-corrected chi connectivity index (χ2v) is 7.78. The largest absolute Gasteiger partial charge is 0.396 e. The van der Waals surface area contributed by atoms with E-state index in [0.29, 0.717) is 28.9 Å². The molecule has 27 heavy (non-hydrogen) atoms. The lowest BCUT2D eigenvalue weighted by Gasteiger charge is -2.42. The lowest BCUT2D eigenvalue weighted by molar-refractivity contribution is 0.0444. The number of aromatic amines is 1. The van der Waals surface area contributed by atoms with Gasteiger partial charge >= 0.3 is 0 Å². The number of hydrogen-bond acceptors (Lipinski definition) is 5. The summed E-state index contributed by atoms with van der Waals surface area (Å²) in [5.74, 6) is 0.401. The average molecular weight is 373 g/mol. The molecule has 8 heteroatoms. The number of piperidine rings is 2. The summed E-state index contributed by atoms with van der Waals surface area (Å²) in [5, 5.41) is 12.0. The maximum atomic E-state index is 13.1. The number of fused-ring (bicyclic) bond motifs is 1. The normalized spacial score (nSPS) is 22.4.